The third-order valence-electron chi connectivity index (χ3n) is 2.48. The van der Waals surface area contributed by atoms with E-state index in [0.29, 0.717) is 13.1 Å². The molecule has 0 radical (unpaired) electrons. The number of hydrogen-bond acceptors (Lipinski definition) is 3. The van der Waals surface area contributed by atoms with Crippen LogP contribution in [0.15, 0.2) is 5.51 Å². The first kappa shape index (κ1) is 14.9. The molecule has 1 rings (SSSR count). The van der Waals surface area contributed by atoms with E-state index in [1.165, 1.54) is 4.90 Å². The van der Waals surface area contributed by atoms with Crippen LogP contribution in [0, 0.1) is 0 Å². The Hall–Kier alpha value is -1.11. The first-order valence-electron chi connectivity index (χ1n) is 5.71. The van der Waals surface area contributed by atoms with Crippen molar-refractivity contribution >= 4 is 17.2 Å². The Morgan fingerprint density at radius 3 is 2.61 bits per heavy atom. The largest absolute Gasteiger partial charge is 0.434 e. The predicted octanol–water partition coefficient (Wildman–Crippen LogP) is 3.42. The Labute approximate surface area is 108 Å². The Bertz CT molecular complexity index is 403. The van der Waals surface area contributed by atoms with E-state index in [4.69, 9.17) is 0 Å². The topological polar surface area (TPSA) is 33.2 Å². The predicted molar refractivity (Wildman–Crippen MR) is 63.6 cm³/mol. The summed E-state index contributed by atoms with van der Waals surface area (Å²) in [6.45, 7) is 4.59. The monoisotopic (exact) mass is 280 g/mol. The van der Waals surface area contributed by atoms with Gasteiger partial charge in [-0.3, -0.25) is 4.79 Å². The third kappa shape index (κ3) is 3.44. The number of carbonyl (C=O) groups is 1. The molecular formula is C11H15F3N2OS. The molecule has 0 saturated carbocycles. The average molecular weight is 280 g/mol. The van der Waals surface area contributed by atoms with E-state index in [-0.39, 0.29) is 4.88 Å². The minimum atomic E-state index is -4.57. The van der Waals surface area contributed by atoms with Crippen LogP contribution in [0.2, 0.25) is 0 Å². The lowest BCUT2D eigenvalue weighted by Gasteiger charge is -2.20. The van der Waals surface area contributed by atoms with Crippen LogP contribution in [0.1, 0.15) is 42.1 Å². The number of aromatic nitrogens is 1. The van der Waals surface area contributed by atoms with Gasteiger partial charge in [0.2, 0.25) is 0 Å². The van der Waals surface area contributed by atoms with E-state index in [2.05, 4.69) is 4.98 Å². The molecule has 18 heavy (non-hydrogen) atoms. The van der Waals surface area contributed by atoms with Gasteiger partial charge in [-0.05, 0) is 13.3 Å². The van der Waals surface area contributed by atoms with Gasteiger partial charge in [0.1, 0.15) is 4.88 Å². The van der Waals surface area contributed by atoms with Gasteiger partial charge in [0, 0.05) is 13.1 Å². The van der Waals surface area contributed by atoms with Gasteiger partial charge in [0.25, 0.3) is 5.91 Å². The van der Waals surface area contributed by atoms with Crippen LogP contribution < -0.4 is 0 Å². The fourth-order valence-corrected chi connectivity index (χ4v) is 2.27. The van der Waals surface area contributed by atoms with E-state index in [0.717, 1.165) is 29.7 Å². The second-order valence-electron chi connectivity index (χ2n) is 3.77. The summed E-state index contributed by atoms with van der Waals surface area (Å²) in [4.78, 5) is 16.4. The summed E-state index contributed by atoms with van der Waals surface area (Å²) in [5.41, 5.74) is -0.0172. The summed E-state index contributed by atoms with van der Waals surface area (Å²) in [5, 5.41) is 0. The highest BCUT2D eigenvalue weighted by Crippen LogP contribution is 2.33. The molecule has 0 N–H and O–H groups in total. The molecule has 1 aromatic rings. The molecule has 1 amide bonds. The second kappa shape index (κ2) is 6.17. The molecule has 3 nitrogen and oxygen atoms in total. The van der Waals surface area contributed by atoms with E-state index in [1.807, 2.05) is 6.92 Å². The number of alkyl halides is 3. The molecule has 0 bridgehead atoms. The molecule has 0 fully saturated rings. The number of rotatable bonds is 5. The highest BCUT2D eigenvalue weighted by molar-refractivity contribution is 7.11. The zero-order chi connectivity index (χ0) is 13.8. The van der Waals surface area contributed by atoms with Gasteiger partial charge in [-0.15, -0.1) is 11.3 Å². The number of halogens is 3. The summed E-state index contributed by atoms with van der Waals surface area (Å²) in [7, 11) is 0. The minimum absolute atomic E-state index is 0.319. The van der Waals surface area contributed by atoms with Crippen molar-refractivity contribution in [2.24, 2.45) is 0 Å². The zero-order valence-corrected chi connectivity index (χ0v) is 11.1. The molecule has 0 spiro atoms. The maximum atomic E-state index is 12.6. The smallest absolute Gasteiger partial charge is 0.338 e. The SMILES string of the molecule is CCCCN(CC)C(=O)c1scnc1C(F)(F)F. The molecule has 0 aromatic carbocycles. The summed E-state index contributed by atoms with van der Waals surface area (Å²) in [6, 6.07) is 0. The molecule has 0 aliphatic rings. The van der Waals surface area contributed by atoms with Crippen LogP contribution in [0.5, 0.6) is 0 Å². The highest BCUT2D eigenvalue weighted by atomic mass is 32.1. The number of nitrogens with zero attached hydrogens (tertiary/aromatic N) is 2. The Kier molecular flexibility index (Phi) is 5.13. The van der Waals surface area contributed by atoms with Crippen LogP contribution in [0.4, 0.5) is 13.2 Å². The standard InChI is InChI=1S/C11H15F3N2OS/c1-3-5-6-16(4-2)10(17)8-9(11(12,13)14)15-7-18-8/h7H,3-6H2,1-2H3. The van der Waals surface area contributed by atoms with E-state index in [1.54, 1.807) is 6.92 Å². The van der Waals surface area contributed by atoms with Gasteiger partial charge in [-0.2, -0.15) is 13.2 Å². The average Bonchev–Trinajstić information content (AvgIpc) is 2.78. The summed E-state index contributed by atoms with van der Waals surface area (Å²) >= 11 is 0.739. The summed E-state index contributed by atoms with van der Waals surface area (Å²) in [5.74, 6) is -0.583. The number of amides is 1. The van der Waals surface area contributed by atoms with Gasteiger partial charge < -0.3 is 4.90 Å². The summed E-state index contributed by atoms with van der Waals surface area (Å²) in [6.07, 6.45) is -2.91. The van der Waals surface area contributed by atoms with Crippen molar-refractivity contribution in [1.82, 2.24) is 9.88 Å². The van der Waals surface area contributed by atoms with Crippen LogP contribution in [-0.2, 0) is 6.18 Å². The van der Waals surface area contributed by atoms with Crippen LogP contribution >= 0.6 is 11.3 Å². The maximum Gasteiger partial charge on any atom is 0.434 e. The lowest BCUT2D eigenvalue weighted by molar-refractivity contribution is -0.141. The van der Waals surface area contributed by atoms with Gasteiger partial charge in [0.15, 0.2) is 5.69 Å². The first-order chi connectivity index (χ1) is 8.41. The van der Waals surface area contributed by atoms with Crippen molar-refractivity contribution in [3.63, 3.8) is 0 Å². The minimum Gasteiger partial charge on any atom is -0.338 e. The lowest BCUT2D eigenvalue weighted by atomic mass is 10.2. The normalized spacial score (nSPS) is 11.6. The fourth-order valence-electron chi connectivity index (χ4n) is 1.50. The first-order valence-corrected chi connectivity index (χ1v) is 6.59. The van der Waals surface area contributed by atoms with Gasteiger partial charge >= 0.3 is 6.18 Å². The zero-order valence-electron chi connectivity index (χ0n) is 10.3. The number of carbonyl (C=O) groups excluding carboxylic acids is 1. The van der Waals surface area contributed by atoms with Crippen LogP contribution in [-0.4, -0.2) is 28.9 Å². The van der Waals surface area contributed by atoms with E-state index >= 15 is 0 Å². The van der Waals surface area contributed by atoms with Crippen molar-refractivity contribution in [3.8, 4) is 0 Å². The van der Waals surface area contributed by atoms with Crippen molar-refractivity contribution in [2.75, 3.05) is 13.1 Å². The van der Waals surface area contributed by atoms with Crippen molar-refractivity contribution in [3.05, 3.63) is 16.1 Å². The van der Waals surface area contributed by atoms with Gasteiger partial charge in [-0.1, -0.05) is 13.3 Å². The molecule has 1 heterocycles. The lowest BCUT2D eigenvalue weighted by Crippen LogP contribution is -2.32. The Morgan fingerprint density at radius 1 is 1.44 bits per heavy atom. The molecule has 0 unspecified atom stereocenters. The molecule has 7 heteroatoms. The number of thiazole rings is 1. The molecule has 0 aliphatic carbocycles. The number of unbranched alkanes of at least 4 members (excludes halogenated alkanes) is 1. The quantitative estimate of drug-likeness (QED) is 0.828. The van der Waals surface area contributed by atoms with Gasteiger partial charge in [-0.25, -0.2) is 4.98 Å². The van der Waals surface area contributed by atoms with Gasteiger partial charge in [0.05, 0.1) is 5.51 Å². The van der Waals surface area contributed by atoms with E-state index < -0.39 is 17.8 Å². The molecule has 0 saturated heterocycles. The molecule has 0 atom stereocenters. The maximum absolute atomic E-state index is 12.6. The van der Waals surface area contributed by atoms with Crippen molar-refractivity contribution < 1.29 is 18.0 Å². The second-order valence-corrected chi connectivity index (χ2v) is 4.62. The molecular weight excluding hydrogens is 265 g/mol. The third-order valence-corrected chi connectivity index (χ3v) is 3.30. The molecule has 0 aliphatic heterocycles. The Balaban J connectivity index is 2.92. The van der Waals surface area contributed by atoms with Crippen LogP contribution in [0.3, 0.4) is 0 Å². The molecule has 1 aromatic heterocycles. The Morgan fingerprint density at radius 2 is 2.11 bits per heavy atom. The summed E-state index contributed by atoms with van der Waals surface area (Å²) < 4.78 is 37.9. The molecule has 102 valence electrons. The van der Waals surface area contributed by atoms with Crippen molar-refractivity contribution in [1.29, 1.82) is 0 Å². The van der Waals surface area contributed by atoms with Crippen molar-refractivity contribution in [2.45, 2.75) is 32.9 Å². The van der Waals surface area contributed by atoms with E-state index in [9.17, 15) is 18.0 Å². The number of hydrogen-bond donors (Lipinski definition) is 0. The fraction of sp³-hybridized carbons (Fsp3) is 0.636. The van der Waals surface area contributed by atoms with Crippen LogP contribution in [0.25, 0.3) is 0 Å². The highest BCUT2D eigenvalue weighted by Gasteiger charge is 2.39.